The molecule has 104 valence electrons. The number of aromatic carboxylic acids is 1. The van der Waals surface area contributed by atoms with E-state index in [0.717, 1.165) is 22.7 Å². The second kappa shape index (κ2) is 4.34. The van der Waals surface area contributed by atoms with E-state index < -0.39 is 5.97 Å². The van der Waals surface area contributed by atoms with Gasteiger partial charge >= 0.3 is 0 Å². The van der Waals surface area contributed by atoms with Gasteiger partial charge in [-0.05, 0) is 24.6 Å². The fourth-order valence-electron chi connectivity index (χ4n) is 2.87. The number of para-hydroxylation sites is 1. The average Bonchev–Trinajstić information content (AvgIpc) is 3.11. The van der Waals surface area contributed by atoms with Crippen LogP contribution in [0.5, 0.6) is 0 Å². The molecule has 0 spiro atoms. The Morgan fingerprint density at radius 2 is 2.00 bits per heavy atom. The van der Waals surface area contributed by atoms with Gasteiger partial charge in [-0.3, -0.25) is 0 Å². The van der Waals surface area contributed by atoms with Gasteiger partial charge in [0.15, 0.2) is 0 Å². The van der Waals surface area contributed by atoms with E-state index in [4.69, 9.17) is 4.42 Å². The van der Waals surface area contributed by atoms with Gasteiger partial charge < -0.3 is 14.3 Å². The second-order valence-corrected chi connectivity index (χ2v) is 4.97. The Bertz CT molecular complexity index is 831. The topological polar surface area (TPSA) is 71.1 Å². The van der Waals surface area contributed by atoms with Crippen molar-refractivity contribution in [2.45, 2.75) is 12.8 Å². The molecule has 5 nitrogen and oxygen atoms in total. The summed E-state index contributed by atoms with van der Waals surface area (Å²) in [5.41, 5.74) is 3.24. The smallest absolute Gasteiger partial charge is 0.113 e. The Morgan fingerprint density at radius 3 is 2.76 bits per heavy atom. The number of furan rings is 1. The Hall–Kier alpha value is -2.82. The van der Waals surface area contributed by atoms with E-state index in [-0.39, 0.29) is 5.69 Å². The van der Waals surface area contributed by atoms with Gasteiger partial charge in [0, 0.05) is 17.5 Å². The first-order chi connectivity index (χ1) is 10.3. The van der Waals surface area contributed by atoms with Crippen LogP contribution in [0.1, 0.15) is 21.8 Å². The maximum atomic E-state index is 11.4. The van der Waals surface area contributed by atoms with Gasteiger partial charge in [0.2, 0.25) is 0 Å². The molecule has 0 saturated carbocycles. The Morgan fingerprint density at radius 1 is 1.19 bits per heavy atom. The standard InChI is InChI=1S/C16H12N2O3/c19-16(20)14-12-6-7-13-11(8-9-21-13)15(12)18(17-14)10-4-2-1-3-5-10/h1-5,8-9H,6-7H2,(H,19,20)/p-1. The van der Waals surface area contributed by atoms with Crippen molar-refractivity contribution in [1.29, 1.82) is 0 Å². The molecule has 0 fully saturated rings. The largest absolute Gasteiger partial charge is 0.543 e. The number of benzene rings is 1. The van der Waals surface area contributed by atoms with Crippen molar-refractivity contribution in [3.63, 3.8) is 0 Å². The molecular weight excluding hydrogens is 268 g/mol. The van der Waals surface area contributed by atoms with Crippen LogP contribution in [0.15, 0.2) is 47.1 Å². The van der Waals surface area contributed by atoms with Gasteiger partial charge in [0.25, 0.3) is 0 Å². The first-order valence-electron chi connectivity index (χ1n) is 6.71. The van der Waals surface area contributed by atoms with Crippen LogP contribution >= 0.6 is 0 Å². The number of nitrogens with zero attached hydrogens (tertiary/aromatic N) is 2. The second-order valence-electron chi connectivity index (χ2n) is 4.97. The van der Waals surface area contributed by atoms with Crippen molar-refractivity contribution in [3.8, 4) is 16.9 Å². The minimum atomic E-state index is -1.24. The van der Waals surface area contributed by atoms with Crippen molar-refractivity contribution in [2.75, 3.05) is 0 Å². The molecule has 2 heterocycles. The zero-order valence-electron chi connectivity index (χ0n) is 11.1. The summed E-state index contributed by atoms with van der Waals surface area (Å²) in [6, 6.07) is 11.3. The van der Waals surface area contributed by atoms with E-state index in [0.29, 0.717) is 18.4 Å². The van der Waals surface area contributed by atoms with Gasteiger partial charge in [0.1, 0.15) is 11.5 Å². The van der Waals surface area contributed by atoms with Crippen LogP contribution in [-0.2, 0) is 12.8 Å². The number of carboxylic acid groups (broad SMARTS) is 1. The summed E-state index contributed by atoms with van der Waals surface area (Å²) < 4.78 is 7.13. The average molecular weight is 279 g/mol. The lowest BCUT2D eigenvalue weighted by molar-refractivity contribution is -0.255. The summed E-state index contributed by atoms with van der Waals surface area (Å²) in [7, 11) is 0. The lowest BCUT2D eigenvalue weighted by Crippen LogP contribution is -2.24. The van der Waals surface area contributed by atoms with Crippen LogP contribution in [0.4, 0.5) is 0 Å². The summed E-state index contributed by atoms with van der Waals surface area (Å²) in [6.07, 6.45) is 2.89. The van der Waals surface area contributed by atoms with E-state index in [2.05, 4.69) is 5.10 Å². The molecule has 0 saturated heterocycles. The molecule has 0 N–H and O–H groups in total. The quantitative estimate of drug-likeness (QED) is 0.714. The van der Waals surface area contributed by atoms with Crippen molar-refractivity contribution < 1.29 is 14.3 Å². The van der Waals surface area contributed by atoms with E-state index in [1.54, 1.807) is 10.9 Å². The highest BCUT2D eigenvalue weighted by atomic mass is 16.4. The minimum Gasteiger partial charge on any atom is -0.543 e. The molecule has 0 bridgehead atoms. The Labute approximate surface area is 120 Å². The number of hydrogen-bond acceptors (Lipinski definition) is 4. The van der Waals surface area contributed by atoms with Gasteiger partial charge in [-0.15, -0.1) is 0 Å². The third kappa shape index (κ3) is 1.71. The zero-order chi connectivity index (χ0) is 14.4. The highest BCUT2D eigenvalue weighted by Crippen LogP contribution is 2.37. The number of rotatable bonds is 2. The number of carboxylic acids is 1. The summed E-state index contributed by atoms with van der Waals surface area (Å²) in [4.78, 5) is 11.4. The Balaban J connectivity index is 2.04. The molecule has 3 aromatic rings. The van der Waals surface area contributed by atoms with Crippen LogP contribution in [0.2, 0.25) is 0 Å². The number of aromatic nitrogens is 2. The lowest BCUT2D eigenvalue weighted by atomic mass is 9.94. The summed E-state index contributed by atoms with van der Waals surface area (Å²) >= 11 is 0. The predicted molar refractivity (Wildman–Crippen MR) is 73.0 cm³/mol. The number of aryl methyl sites for hydroxylation is 1. The van der Waals surface area contributed by atoms with Gasteiger partial charge in [-0.1, -0.05) is 18.2 Å². The van der Waals surface area contributed by atoms with Gasteiger partial charge in [-0.25, -0.2) is 4.68 Å². The molecule has 4 rings (SSSR count). The van der Waals surface area contributed by atoms with Gasteiger partial charge in [-0.2, -0.15) is 5.10 Å². The van der Waals surface area contributed by atoms with E-state index >= 15 is 0 Å². The molecule has 2 aromatic heterocycles. The number of carbonyl (C=O) groups excluding carboxylic acids is 1. The molecule has 0 aliphatic heterocycles. The molecule has 0 amide bonds. The van der Waals surface area contributed by atoms with E-state index in [1.165, 1.54) is 0 Å². The monoisotopic (exact) mass is 279 g/mol. The van der Waals surface area contributed by atoms with Crippen LogP contribution < -0.4 is 5.11 Å². The molecular formula is C16H11N2O3-. The minimum absolute atomic E-state index is 0.0145. The number of fused-ring (bicyclic) bond motifs is 3. The molecule has 1 aliphatic rings. The predicted octanol–water partition coefficient (Wildman–Crippen LogP) is 1.59. The third-order valence-electron chi connectivity index (χ3n) is 3.78. The van der Waals surface area contributed by atoms with Crippen molar-refractivity contribution in [2.24, 2.45) is 0 Å². The van der Waals surface area contributed by atoms with Crippen LogP contribution in [0.3, 0.4) is 0 Å². The fraction of sp³-hybridized carbons (Fsp3) is 0.125. The maximum absolute atomic E-state index is 11.4. The zero-order valence-corrected chi connectivity index (χ0v) is 11.1. The molecule has 21 heavy (non-hydrogen) atoms. The molecule has 5 heteroatoms. The fourth-order valence-corrected chi connectivity index (χ4v) is 2.87. The van der Waals surface area contributed by atoms with Crippen molar-refractivity contribution in [1.82, 2.24) is 9.78 Å². The third-order valence-corrected chi connectivity index (χ3v) is 3.78. The molecule has 1 aliphatic carbocycles. The SMILES string of the molecule is O=C([O-])c1nn(-c2ccccc2)c2c1CCc1occc1-2. The molecule has 0 atom stereocenters. The van der Waals surface area contributed by atoms with Crippen LogP contribution in [-0.4, -0.2) is 15.7 Å². The lowest BCUT2D eigenvalue weighted by Gasteiger charge is -2.14. The van der Waals surface area contributed by atoms with Crippen LogP contribution in [0.25, 0.3) is 16.9 Å². The highest BCUT2D eigenvalue weighted by molar-refractivity contribution is 5.89. The first-order valence-corrected chi connectivity index (χ1v) is 6.71. The first kappa shape index (κ1) is 12.0. The van der Waals surface area contributed by atoms with Gasteiger partial charge in [0.05, 0.1) is 23.6 Å². The molecule has 0 unspecified atom stereocenters. The number of carbonyl (C=O) groups is 1. The molecule has 0 radical (unpaired) electrons. The molecule has 1 aromatic carbocycles. The van der Waals surface area contributed by atoms with E-state index in [9.17, 15) is 9.90 Å². The normalized spacial score (nSPS) is 12.8. The van der Waals surface area contributed by atoms with Crippen molar-refractivity contribution >= 4 is 5.97 Å². The highest BCUT2D eigenvalue weighted by Gasteiger charge is 2.27. The maximum Gasteiger partial charge on any atom is 0.113 e. The summed E-state index contributed by atoms with van der Waals surface area (Å²) in [6.45, 7) is 0. The summed E-state index contributed by atoms with van der Waals surface area (Å²) in [5, 5.41) is 15.6. The van der Waals surface area contributed by atoms with Crippen LogP contribution in [0, 0.1) is 0 Å². The summed E-state index contributed by atoms with van der Waals surface area (Å²) in [5.74, 6) is -0.377. The van der Waals surface area contributed by atoms with Crippen molar-refractivity contribution in [3.05, 3.63) is 59.7 Å². The number of hydrogen-bond donors (Lipinski definition) is 0. The van der Waals surface area contributed by atoms with E-state index in [1.807, 2.05) is 36.4 Å². The Kier molecular flexibility index (Phi) is 2.47.